The van der Waals surface area contributed by atoms with E-state index in [0.717, 1.165) is 53.6 Å². The molecule has 1 saturated heterocycles. The van der Waals surface area contributed by atoms with Crippen LogP contribution in [0.3, 0.4) is 0 Å². The summed E-state index contributed by atoms with van der Waals surface area (Å²) in [5, 5.41) is 14.7. The van der Waals surface area contributed by atoms with Gasteiger partial charge in [0.15, 0.2) is 5.69 Å². The molecule has 2 aromatic heterocycles. The van der Waals surface area contributed by atoms with Crippen LogP contribution in [0.15, 0.2) is 30.3 Å². The lowest BCUT2D eigenvalue weighted by Gasteiger charge is -2.41. The highest BCUT2D eigenvalue weighted by atomic mass is 35.5. The fourth-order valence-electron chi connectivity index (χ4n) is 5.67. The van der Waals surface area contributed by atoms with Crippen molar-refractivity contribution >= 4 is 52.3 Å². The molecular formula is C25H30Cl4F3N5O. The van der Waals surface area contributed by atoms with Crippen molar-refractivity contribution in [2.45, 2.75) is 31.2 Å². The quantitative estimate of drug-likeness (QED) is 0.374. The number of pyridine rings is 1. The van der Waals surface area contributed by atoms with Crippen molar-refractivity contribution in [2.75, 3.05) is 51.6 Å². The average molecular weight is 615 g/mol. The van der Waals surface area contributed by atoms with E-state index in [1.54, 1.807) is 0 Å². The van der Waals surface area contributed by atoms with E-state index < -0.39 is 16.9 Å². The van der Waals surface area contributed by atoms with Gasteiger partial charge in [-0.1, -0.05) is 23.2 Å². The number of aliphatic hydroxyl groups excluding tert-OH is 1. The van der Waals surface area contributed by atoms with E-state index in [0.29, 0.717) is 24.7 Å². The second-order valence-corrected chi connectivity index (χ2v) is 11.0. The van der Waals surface area contributed by atoms with Crippen LogP contribution in [0.4, 0.5) is 19.0 Å². The number of likely N-dealkylation sites (N-methyl/N-ethyl adjacent to an activating group) is 1. The van der Waals surface area contributed by atoms with E-state index in [9.17, 15) is 18.3 Å². The molecule has 2 aliphatic rings. The molecule has 0 radical (unpaired) electrons. The topological polar surface area (TPSA) is 64.2 Å². The molecule has 5 rings (SSSR count). The maximum absolute atomic E-state index is 13.2. The molecule has 210 valence electrons. The number of anilines is 1. The predicted molar refractivity (Wildman–Crippen MR) is 143 cm³/mol. The van der Waals surface area contributed by atoms with Gasteiger partial charge in [-0.15, -0.1) is 12.4 Å². The number of alkyl halides is 3. The highest BCUT2D eigenvalue weighted by Gasteiger charge is 2.40. The number of rotatable bonds is 6. The summed E-state index contributed by atoms with van der Waals surface area (Å²) in [6.07, 6.45) is -3.28. The number of aromatic nitrogens is 2. The molecule has 3 unspecified atom stereocenters. The number of hydrogen-bond donors (Lipinski definition) is 3. The Kier molecular flexibility index (Phi) is 9.78. The second kappa shape index (κ2) is 12.0. The minimum absolute atomic E-state index is 0. The number of likely N-dealkylation sites (tertiary alicyclic amines) is 1. The van der Waals surface area contributed by atoms with Gasteiger partial charge in [-0.25, -0.2) is 4.98 Å². The number of aromatic amines is 1. The van der Waals surface area contributed by atoms with Crippen LogP contribution in [0.2, 0.25) is 10.0 Å². The van der Waals surface area contributed by atoms with Crippen molar-refractivity contribution in [1.29, 1.82) is 0 Å². The van der Waals surface area contributed by atoms with Gasteiger partial charge in [0.2, 0.25) is 0 Å². The second-order valence-electron chi connectivity index (χ2n) is 10.1. The number of nitrogens with one attached hydrogen (secondary N) is 2. The maximum atomic E-state index is 13.2. The number of quaternary nitrogens is 1. The monoisotopic (exact) mass is 613 g/mol. The maximum Gasteiger partial charge on any atom is 0.434 e. The van der Waals surface area contributed by atoms with Crippen molar-refractivity contribution in [3.63, 3.8) is 0 Å². The van der Waals surface area contributed by atoms with E-state index in [1.165, 1.54) is 17.7 Å². The molecule has 0 saturated carbocycles. The molecule has 38 heavy (non-hydrogen) atoms. The van der Waals surface area contributed by atoms with Crippen LogP contribution in [0.5, 0.6) is 0 Å². The third-order valence-electron chi connectivity index (χ3n) is 7.41. The highest BCUT2D eigenvalue weighted by molar-refractivity contribution is 6.31. The summed E-state index contributed by atoms with van der Waals surface area (Å²) >= 11 is 12.0. The Balaban J connectivity index is 0.00000200. The standard InChI is InChI=1S/C25H29Cl2F3N5O.2ClH/c1-35(11-7-16(36)13-35)14-21-23-17(18-12-15(26)2-4-20(18)32-23)6-9-34(21)10-8-31-22-5-3-19(27)24(33-22)25(28,29)30;;/h2-5,12,16,21,32,36H,6-11,13-14H2,1H3,(H,31,33);2*1H/q+1;;/p-1. The van der Waals surface area contributed by atoms with Gasteiger partial charge in [0, 0.05) is 47.7 Å². The Hall–Kier alpha value is -1.46. The molecule has 13 heteroatoms. The number of benzene rings is 1. The van der Waals surface area contributed by atoms with Crippen molar-refractivity contribution in [3.8, 4) is 0 Å². The van der Waals surface area contributed by atoms with E-state index in [1.807, 2.05) is 18.2 Å². The minimum Gasteiger partial charge on any atom is -1.00 e. The largest absolute Gasteiger partial charge is 1.00 e. The molecule has 0 bridgehead atoms. The van der Waals surface area contributed by atoms with E-state index in [2.05, 4.69) is 27.2 Å². The number of hydrogen-bond acceptors (Lipinski definition) is 4. The van der Waals surface area contributed by atoms with Gasteiger partial charge in [0.25, 0.3) is 0 Å². The number of H-pyrrole nitrogens is 1. The van der Waals surface area contributed by atoms with Crippen LogP contribution in [0.1, 0.15) is 29.4 Å². The molecule has 3 atom stereocenters. The lowest BCUT2D eigenvalue weighted by Crippen LogP contribution is -3.00. The zero-order valence-corrected chi connectivity index (χ0v) is 23.7. The van der Waals surface area contributed by atoms with E-state index >= 15 is 0 Å². The molecule has 6 nitrogen and oxygen atoms in total. The summed E-state index contributed by atoms with van der Waals surface area (Å²) in [4.78, 5) is 9.67. The third-order valence-corrected chi connectivity index (χ3v) is 7.95. The van der Waals surface area contributed by atoms with E-state index in [4.69, 9.17) is 23.2 Å². The van der Waals surface area contributed by atoms with Gasteiger partial charge < -0.3 is 32.3 Å². The molecule has 0 aliphatic carbocycles. The smallest absolute Gasteiger partial charge is 0.434 e. The normalized spacial score (nSPS) is 23.6. The van der Waals surface area contributed by atoms with Crippen LogP contribution in [-0.2, 0) is 12.6 Å². The molecule has 3 aromatic rings. The van der Waals surface area contributed by atoms with Gasteiger partial charge in [-0.05, 0) is 42.3 Å². The molecule has 1 aromatic carbocycles. The number of aliphatic hydroxyl groups is 1. The first kappa shape index (κ1) is 31.1. The number of nitrogens with zero attached hydrogens (tertiary/aromatic N) is 3. The predicted octanol–water partition coefficient (Wildman–Crippen LogP) is 2.54. The van der Waals surface area contributed by atoms with Crippen LogP contribution < -0.4 is 17.7 Å². The third kappa shape index (κ3) is 6.46. The Morgan fingerprint density at radius 2 is 2.00 bits per heavy atom. The first-order chi connectivity index (χ1) is 17.0. The van der Waals surface area contributed by atoms with Gasteiger partial charge in [0.05, 0.1) is 18.6 Å². The molecule has 2 aliphatic heterocycles. The Morgan fingerprint density at radius 1 is 1.24 bits per heavy atom. The van der Waals surface area contributed by atoms with Crippen LogP contribution in [0.25, 0.3) is 10.9 Å². The van der Waals surface area contributed by atoms with Crippen molar-refractivity contribution in [1.82, 2.24) is 14.9 Å². The highest BCUT2D eigenvalue weighted by Crippen LogP contribution is 2.38. The lowest BCUT2D eigenvalue weighted by atomic mass is 9.96. The summed E-state index contributed by atoms with van der Waals surface area (Å²) in [7, 11) is 2.18. The van der Waals surface area contributed by atoms with E-state index in [-0.39, 0.29) is 42.8 Å². The number of halogens is 7. The fourth-order valence-corrected chi connectivity index (χ4v) is 6.05. The summed E-state index contributed by atoms with van der Waals surface area (Å²) < 4.78 is 40.3. The first-order valence-corrected chi connectivity index (χ1v) is 12.8. The summed E-state index contributed by atoms with van der Waals surface area (Å²) in [6, 6.07) is 8.63. The summed E-state index contributed by atoms with van der Waals surface area (Å²) in [6.45, 7) is 4.29. The molecule has 4 heterocycles. The molecule has 0 amide bonds. The Bertz CT molecular complexity index is 1270. The Labute approximate surface area is 241 Å². The molecule has 1 fully saturated rings. The first-order valence-electron chi connectivity index (χ1n) is 12.1. The van der Waals surface area contributed by atoms with Crippen LogP contribution >= 0.6 is 35.6 Å². The summed E-state index contributed by atoms with van der Waals surface area (Å²) in [5.74, 6) is 0.142. The van der Waals surface area contributed by atoms with Gasteiger partial charge in [0.1, 0.15) is 31.1 Å². The van der Waals surface area contributed by atoms with Crippen molar-refractivity contribution < 1.29 is 35.2 Å². The minimum atomic E-state index is -4.61. The van der Waals surface area contributed by atoms with Gasteiger partial charge in [-0.2, -0.15) is 13.2 Å². The lowest BCUT2D eigenvalue weighted by molar-refractivity contribution is -0.901. The van der Waals surface area contributed by atoms with Crippen LogP contribution in [0, 0.1) is 0 Å². The van der Waals surface area contributed by atoms with Gasteiger partial charge >= 0.3 is 6.18 Å². The fraction of sp³-hybridized carbons (Fsp3) is 0.480. The average Bonchev–Trinajstić information content (AvgIpc) is 3.34. The van der Waals surface area contributed by atoms with Crippen molar-refractivity contribution in [3.05, 3.63) is 57.3 Å². The summed E-state index contributed by atoms with van der Waals surface area (Å²) in [5.41, 5.74) is 2.38. The van der Waals surface area contributed by atoms with Crippen molar-refractivity contribution in [2.24, 2.45) is 0 Å². The Morgan fingerprint density at radius 3 is 2.68 bits per heavy atom. The number of fused-ring (bicyclic) bond motifs is 3. The molecule has 0 spiro atoms. The van der Waals surface area contributed by atoms with Crippen LogP contribution in [-0.4, -0.2) is 76.9 Å². The molecular weight excluding hydrogens is 585 g/mol. The van der Waals surface area contributed by atoms with Gasteiger partial charge in [-0.3, -0.25) is 4.90 Å². The zero-order valence-electron chi connectivity index (χ0n) is 20.7. The molecule has 3 N–H and O–H groups in total. The zero-order chi connectivity index (χ0) is 25.7. The SMILES string of the molecule is C[N+]1(CC2c3[nH]c4ccc(Cl)cc4c3CCN2CCNc2ccc(Cl)c(C(F)(F)F)n2)CCC(O)C1.Cl.[Cl-].